The Morgan fingerprint density at radius 3 is 1.24 bits per heavy atom. The smallest absolute Gasteiger partial charge is 0.245 e. The van der Waals surface area contributed by atoms with Crippen molar-refractivity contribution < 1.29 is 82.4 Å². The number of hydrogen-bond donors (Lipinski definition) is 24. The van der Waals surface area contributed by atoms with Crippen LogP contribution in [0.4, 0.5) is 0 Å². The fourth-order valence-corrected chi connectivity index (χ4v) is 15.7. The molecule has 40 heteroatoms. The Hall–Kier alpha value is -14.3. The van der Waals surface area contributed by atoms with Crippen molar-refractivity contribution in [2.45, 2.75) is 184 Å². The van der Waals surface area contributed by atoms with Crippen LogP contribution >= 0.6 is 11.8 Å². The summed E-state index contributed by atoms with van der Waals surface area (Å²) in [7, 11) is 0. The highest BCUT2D eigenvalue weighted by atomic mass is 32.2. The van der Waals surface area contributed by atoms with E-state index in [-0.39, 0.29) is 86.4 Å². The summed E-state index contributed by atoms with van der Waals surface area (Å²) in [6.07, 6.45) is 3.02. The van der Waals surface area contributed by atoms with Gasteiger partial charge >= 0.3 is 0 Å². The summed E-state index contributed by atoms with van der Waals surface area (Å²) in [5.41, 5.74) is 21.7. The van der Waals surface area contributed by atoms with Crippen LogP contribution in [0.3, 0.4) is 0 Å². The quantitative estimate of drug-likeness (QED) is 0.0209. The van der Waals surface area contributed by atoms with E-state index in [4.69, 9.17) is 22.6 Å². The number of nitrogens with one attached hydrogen (secondary N) is 18. The van der Waals surface area contributed by atoms with Gasteiger partial charge in [-0.2, -0.15) is 0 Å². The van der Waals surface area contributed by atoms with Crippen molar-refractivity contribution in [1.82, 2.24) is 94.0 Å². The number of carbonyl (C=O) groups is 14. The fraction of sp³-hybridized carbons (Fsp3) is 0.386. The van der Waals surface area contributed by atoms with Gasteiger partial charge in [0.15, 0.2) is 5.96 Å². The number of para-hydroxylation sites is 3. The third-order valence-electron chi connectivity index (χ3n) is 22.3. The van der Waals surface area contributed by atoms with Gasteiger partial charge in [0.25, 0.3) is 0 Å². The van der Waals surface area contributed by atoms with E-state index in [9.17, 15) is 34.5 Å². The Balaban J connectivity index is 1.05. The number of aromatic nitrogens is 5. The third kappa shape index (κ3) is 26.9. The molecule has 15 atom stereocenters. The molecular weight excluding hydrogens is 1670 g/mol. The number of aliphatic hydroxyl groups is 1. The number of imidazole rings is 1. The second kappa shape index (κ2) is 45.5. The van der Waals surface area contributed by atoms with Crippen molar-refractivity contribution in [3.8, 4) is 11.5 Å². The molecule has 0 aliphatic carbocycles. The number of aromatic hydroxyl groups is 2. The number of nitrogens with zero attached hydrogens (tertiary/aromatic N) is 1. The van der Waals surface area contributed by atoms with E-state index in [0.717, 1.165) is 18.7 Å². The maximum absolute atomic E-state index is 15.6. The van der Waals surface area contributed by atoms with Crippen molar-refractivity contribution in [1.29, 1.82) is 5.41 Å². The Morgan fingerprint density at radius 2 is 0.820 bits per heavy atom. The SMILES string of the molecule is CC[C@H](C)[C@@H]1NC(=O)[C@H]([C@@H](C)CC)NC(=O)[C@@H](Cc2c[nH]c3ccccc23)NC(=O)CSC[C@@H](C(N)=O)NC(=O)[C@H](CCCNC(=N)N)NC(=O)[C@H](Cc2c[nH]c3ccccc23)NC(=O)[C@H](Cc2c[nH]c3ccccc23)NC(=O)[C@H]([C@@H](C)O)NC(=O)[C@H](Cc2ccc(O)cc2)NC(=O)[C@H](CC(N)=O)NC(=O)[C@H](Cc2c[nH]cn2)NC(=O)[C@H](Cc2ccc(O)cc2)NC1=O. The van der Waals surface area contributed by atoms with Gasteiger partial charge in [-0.15, -0.1) is 11.8 Å². The molecule has 9 aromatic rings. The molecule has 14 amide bonds. The number of thioether (sulfide) groups is 1. The molecule has 0 spiro atoms. The average molecular weight is 1780 g/mol. The summed E-state index contributed by atoms with van der Waals surface area (Å²) < 4.78 is 0. The van der Waals surface area contributed by atoms with Crippen LogP contribution in [0.25, 0.3) is 32.7 Å². The van der Waals surface area contributed by atoms with Crippen LogP contribution in [0.15, 0.2) is 152 Å². The number of hydrogen-bond acceptors (Lipinski definition) is 20. The zero-order valence-corrected chi connectivity index (χ0v) is 72.0. The summed E-state index contributed by atoms with van der Waals surface area (Å²) in [6, 6.07) is 12.1. The molecule has 27 N–H and O–H groups in total. The minimum atomic E-state index is -2.01. The molecule has 5 heterocycles. The number of phenols is 2. The van der Waals surface area contributed by atoms with Crippen molar-refractivity contribution in [2.24, 2.45) is 29.0 Å². The fourth-order valence-electron chi connectivity index (χ4n) is 14.8. The highest BCUT2D eigenvalue weighted by molar-refractivity contribution is 8.00. The van der Waals surface area contributed by atoms with E-state index >= 15 is 47.9 Å². The highest BCUT2D eigenvalue weighted by Gasteiger charge is 2.41. The van der Waals surface area contributed by atoms with Crippen molar-refractivity contribution in [3.05, 3.63) is 186 Å². The Kier molecular flexibility index (Phi) is 34.1. The lowest BCUT2D eigenvalue weighted by Crippen LogP contribution is -2.63. The monoisotopic (exact) mass is 1780 g/mol. The second-order valence-corrected chi connectivity index (χ2v) is 32.9. The number of H-pyrrole nitrogens is 4. The molecule has 1 saturated heterocycles. The second-order valence-electron chi connectivity index (χ2n) is 31.8. The molecule has 10 rings (SSSR count). The number of primary amides is 2. The number of rotatable bonds is 24. The Bertz CT molecular complexity index is 5450. The van der Waals surface area contributed by atoms with Gasteiger partial charge in [0.05, 0.1) is 30.3 Å². The number of phenolic OH excluding ortho intramolecular Hbond substituents is 2. The van der Waals surface area contributed by atoms with E-state index in [1.54, 1.807) is 119 Å². The zero-order chi connectivity index (χ0) is 92.4. The summed E-state index contributed by atoms with van der Waals surface area (Å²) in [5, 5.41) is 76.8. The number of benzene rings is 5. The first-order valence-corrected chi connectivity index (χ1v) is 43.1. The lowest BCUT2D eigenvalue weighted by molar-refractivity contribution is -0.137. The average Bonchev–Trinajstić information content (AvgIpc) is 1.65. The number of aromatic amines is 4. The molecule has 1 aliphatic rings. The summed E-state index contributed by atoms with van der Waals surface area (Å²) >= 11 is 0.832. The van der Waals surface area contributed by atoms with Crippen LogP contribution in [0.5, 0.6) is 11.5 Å². The maximum Gasteiger partial charge on any atom is 0.245 e. The first-order chi connectivity index (χ1) is 61.2. The molecule has 0 bridgehead atoms. The predicted molar refractivity (Wildman–Crippen MR) is 475 cm³/mol. The van der Waals surface area contributed by atoms with Gasteiger partial charge < -0.3 is 122 Å². The highest BCUT2D eigenvalue weighted by Crippen LogP contribution is 2.26. The number of guanidine groups is 1. The van der Waals surface area contributed by atoms with E-state index in [2.05, 4.69) is 94.0 Å². The molecule has 0 unspecified atom stereocenters. The standard InChI is InChI=1S/C88H110N22O17S/c1-6-45(3)73-85(125)105-63(31-48-22-26-54(112)27-23-48)78(118)103-68(36-53-41-93-44-98-53)81(121)104-69(37-71(89)114)82(122)101-64(32-49-24-28-55(113)29-25-49)83(123)110-75(47(5)111)87(127)106-67(35-52-40-97-61-20-13-10-17-58(52)61)80(120)102-66(34-51-39-96-60-19-12-9-16-57(51)60)79(119)100-62(21-14-30-94-88(91)92)77(117)107-70(76(90)116)42-128-43-72(115)99-65(33-50-38-95-59-18-11-8-15-56(50)59)84(124)108-74(46(4)7-2)86(126)109-73/h8-13,15-20,22-29,38-41,44-47,62-70,73-75,95-97,111-113H,6-7,14,21,30-37,42-43H2,1-5H3,(H2,89,114)(H2,90,116)(H,93,98)(H,99,115)(H,100,119)(H,101,122)(H,102,120)(H,103,118)(H,104,121)(H,105,125)(H,106,127)(H,107,117)(H,108,124)(H,109,126)(H,110,123)(H4,91,92,94)/t45-,46-,47+,62-,63-,64-,65+,66-,67-,68-,69-,70-,73-,74-,75-/m0/s1. The van der Waals surface area contributed by atoms with E-state index in [1.807, 2.05) is 0 Å². The molecule has 128 heavy (non-hydrogen) atoms. The first kappa shape index (κ1) is 95.9. The van der Waals surface area contributed by atoms with E-state index in [0.29, 0.717) is 55.0 Å². The van der Waals surface area contributed by atoms with E-state index < -0.39 is 204 Å². The van der Waals surface area contributed by atoms with Crippen molar-refractivity contribution in [2.75, 3.05) is 18.1 Å². The van der Waals surface area contributed by atoms with E-state index in [1.165, 1.54) is 61.1 Å². The van der Waals surface area contributed by atoms with Gasteiger partial charge in [-0.3, -0.25) is 72.5 Å². The van der Waals surface area contributed by atoms with Gasteiger partial charge in [0.1, 0.15) is 84.0 Å². The summed E-state index contributed by atoms with van der Waals surface area (Å²) in [5.74, 6) is -17.4. The van der Waals surface area contributed by atoms with Gasteiger partial charge in [-0.05, 0) is 102 Å². The number of nitrogens with two attached hydrogens (primary N) is 3. The molecule has 1 fully saturated rings. The predicted octanol–water partition coefficient (Wildman–Crippen LogP) is -0.318. The van der Waals surface area contributed by atoms with Crippen LogP contribution in [0.2, 0.25) is 0 Å². The lowest BCUT2D eigenvalue weighted by atomic mass is 9.94. The summed E-state index contributed by atoms with van der Waals surface area (Å²) in [4.78, 5) is 225. The van der Waals surface area contributed by atoms with Crippen molar-refractivity contribution in [3.63, 3.8) is 0 Å². The maximum atomic E-state index is 15.6. The van der Waals surface area contributed by atoms with Crippen LogP contribution in [-0.4, -0.2) is 226 Å². The molecule has 4 aromatic heterocycles. The van der Waals surface area contributed by atoms with Gasteiger partial charge in [0.2, 0.25) is 82.7 Å². The molecule has 0 radical (unpaired) electrons. The topological polar surface area (TPSA) is 634 Å². The number of aliphatic hydroxyl groups excluding tert-OH is 1. The van der Waals surface area contributed by atoms with Gasteiger partial charge in [0, 0.05) is 108 Å². The molecule has 39 nitrogen and oxygen atoms in total. The van der Waals surface area contributed by atoms with Crippen molar-refractivity contribution >= 4 is 133 Å². The molecule has 5 aromatic carbocycles. The minimum Gasteiger partial charge on any atom is -0.508 e. The minimum absolute atomic E-state index is 0.00743. The van der Waals surface area contributed by atoms with Crippen LogP contribution in [0.1, 0.15) is 100 Å². The Morgan fingerprint density at radius 1 is 0.453 bits per heavy atom. The largest absolute Gasteiger partial charge is 0.508 e. The third-order valence-corrected chi connectivity index (χ3v) is 23.4. The molecule has 1 aliphatic heterocycles. The summed E-state index contributed by atoms with van der Waals surface area (Å²) in [6.45, 7) is 7.96. The number of carbonyl (C=O) groups excluding carboxylic acids is 14. The van der Waals surface area contributed by atoms with Gasteiger partial charge in [-0.25, -0.2) is 4.98 Å². The normalized spacial score (nSPS) is 22.7. The molecular formula is C88H110N22O17S. The molecule has 680 valence electrons. The van der Waals surface area contributed by atoms with Gasteiger partial charge in [-0.1, -0.05) is 119 Å². The Labute approximate surface area is 739 Å². The lowest BCUT2D eigenvalue weighted by Gasteiger charge is -2.31. The zero-order valence-electron chi connectivity index (χ0n) is 71.1. The molecule has 0 saturated carbocycles. The van der Waals surface area contributed by atoms with Crippen LogP contribution in [-0.2, 0) is 106 Å². The van der Waals surface area contributed by atoms with Crippen LogP contribution in [0, 0.1) is 17.2 Å². The first-order valence-electron chi connectivity index (χ1n) is 42.0. The van der Waals surface area contributed by atoms with Crippen LogP contribution < -0.4 is 86.3 Å². The number of fused-ring (bicyclic) bond motifs is 3. The number of amides is 14.